The number of alkyl halides is 4. The molecule has 1 aliphatic rings. The Morgan fingerprint density at radius 3 is 2.44 bits per heavy atom. The summed E-state index contributed by atoms with van der Waals surface area (Å²) in [5.41, 5.74) is 1.14. The topological polar surface area (TPSA) is 59.2 Å². The van der Waals surface area contributed by atoms with Crippen molar-refractivity contribution < 1.29 is 26.9 Å². The zero-order valence-electron chi connectivity index (χ0n) is 13.3. The Labute approximate surface area is 140 Å². The highest BCUT2D eigenvalue weighted by atomic mass is 19.4. The quantitative estimate of drug-likeness (QED) is 0.769. The maximum Gasteiger partial charge on any atom is 0.471 e. The molecule has 25 heavy (non-hydrogen) atoms. The molecule has 0 aliphatic heterocycles. The fourth-order valence-corrected chi connectivity index (χ4v) is 2.44. The van der Waals surface area contributed by atoms with Gasteiger partial charge in [-0.15, -0.1) is 0 Å². The van der Waals surface area contributed by atoms with Gasteiger partial charge in [0.1, 0.15) is 6.17 Å². The van der Waals surface area contributed by atoms with E-state index in [2.05, 4.69) is 14.7 Å². The molecular weight excluding hydrogens is 342 g/mol. The lowest BCUT2D eigenvalue weighted by atomic mass is 10.1. The van der Waals surface area contributed by atoms with Crippen LogP contribution in [0.1, 0.15) is 24.8 Å². The van der Waals surface area contributed by atoms with E-state index in [9.17, 15) is 22.4 Å². The van der Waals surface area contributed by atoms with Crippen LogP contribution in [0.2, 0.25) is 0 Å². The summed E-state index contributed by atoms with van der Waals surface area (Å²) in [6, 6.07) is 6.42. The molecule has 2 aromatic rings. The van der Waals surface area contributed by atoms with E-state index in [0.29, 0.717) is 18.7 Å². The summed E-state index contributed by atoms with van der Waals surface area (Å²) in [6.07, 6.45) is -5.47. The molecule has 0 saturated heterocycles. The molecule has 1 amide bonds. The lowest BCUT2D eigenvalue weighted by Gasteiger charge is -2.21. The minimum Gasteiger partial charge on any atom is -0.338 e. The van der Waals surface area contributed by atoms with Crippen molar-refractivity contribution in [1.29, 1.82) is 0 Å². The first-order valence-electron chi connectivity index (χ1n) is 7.72. The van der Waals surface area contributed by atoms with Crippen LogP contribution >= 0.6 is 0 Å². The predicted molar refractivity (Wildman–Crippen MR) is 78.8 cm³/mol. The lowest BCUT2D eigenvalue weighted by Crippen LogP contribution is -2.32. The molecule has 3 rings (SSSR count). The molecule has 1 fully saturated rings. The summed E-state index contributed by atoms with van der Waals surface area (Å²) in [6.45, 7) is 2.56. The molecule has 1 saturated carbocycles. The molecule has 2 atom stereocenters. The summed E-state index contributed by atoms with van der Waals surface area (Å²) >= 11 is 0. The van der Waals surface area contributed by atoms with Crippen LogP contribution in [0.3, 0.4) is 0 Å². The van der Waals surface area contributed by atoms with Crippen LogP contribution in [-0.2, 0) is 17.5 Å². The second kappa shape index (κ2) is 6.45. The monoisotopic (exact) mass is 357 g/mol. The third-order valence-electron chi connectivity index (χ3n) is 3.98. The molecule has 1 aromatic heterocycles. The summed E-state index contributed by atoms with van der Waals surface area (Å²) in [4.78, 5) is 17.0. The third kappa shape index (κ3) is 3.80. The van der Waals surface area contributed by atoms with E-state index in [1.807, 2.05) is 0 Å². The smallest absolute Gasteiger partial charge is 0.338 e. The van der Waals surface area contributed by atoms with Gasteiger partial charge in [0.2, 0.25) is 11.7 Å². The maximum absolute atomic E-state index is 13.0. The van der Waals surface area contributed by atoms with Crippen LogP contribution in [0, 0.1) is 5.92 Å². The second-order valence-corrected chi connectivity index (χ2v) is 5.83. The number of amides is 1. The van der Waals surface area contributed by atoms with E-state index in [1.54, 1.807) is 36.1 Å². The van der Waals surface area contributed by atoms with Crippen molar-refractivity contribution in [2.45, 2.75) is 32.2 Å². The predicted octanol–water partition coefficient (Wildman–Crippen LogP) is 3.46. The molecule has 134 valence electrons. The first kappa shape index (κ1) is 17.4. The molecule has 9 heteroatoms. The van der Waals surface area contributed by atoms with Gasteiger partial charge >= 0.3 is 12.1 Å². The highest BCUT2D eigenvalue weighted by Gasteiger charge is 2.45. The second-order valence-electron chi connectivity index (χ2n) is 5.83. The molecule has 0 spiro atoms. The summed E-state index contributed by atoms with van der Waals surface area (Å²) in [7, 11) is 0. The minimum atomic E-state index is -4.69. The van der Waals surface area contributed by atoms with Crippen LogP contribution in [0.5, 0.6) is 0 Å². The highest BCUT2D eigenvalue weighted by Crippen LogP contribution is 2.35. The third-order valence-corrected chi connectivity index (χ3v) is 3.98. The first-order valence-corrected chi connectivity index (χ1v) is 7.72. The molecule has 5 nitrogen and oxygen atoms in total. The Balaban J connectivity index is 1.69. The van der Waals surface area contributed by atoms with Gasteiger partial charge in [0.25, 0.3) is 0 Å². The average Bonchev–Trinajstić information content (AvgIpc) is 3.09. The van der Waals surface area contributed by atoms with E-state index in [0.717, 1.165) is 5.56 Å². The number of aromatic nitrogens is 2. The molecule has 0 radical (unpaired) electrons. The maximum atomic E-state index is 13.0. The van der Waals surface area contributed by atoms with Crippen LogP contribution in [0.25, 0.3) is 11.4 Å². The van der Waals surface area contributed by atoms with Crippen molar-refractivity contribution in [3.05, 3.63) is 35.7 Å². The summed E-state index contributed by atoms with van der Waals surface area (Å²) < 4.78 is 54.7. The Morgan fingerprint density at radius 1 is 1.32 bits per heavy atom. The fraction of sp³-hybridized carbons (Fsp3) is 0.438. The summed E-state index contributed by atoms with van der Waals surface area (Å²) in [5, 5.41) is 3.32. The van der Waals surface area contributed by atoms with E-state index in [-0.39, 0.29) is 18.2 Å². The number of hydrogen-bond acceptors (Lipinski definition) is 4. The van der Waals surface area contributed by atoms with E-state index in [4.69, 9.17) is 0 Å². The van der Waals surface area contributed by atoms with E-state index >= 15 is 0 Å². The van der Waals surface area contributed by atoms with Gasteiger partial charge in [-0.25, -0.2) is 4.39 Å². The van der Waals surface area contributed by atoms with Gasteiger partial charge in [-0.3, -0.25) is 4.79 Å². The van der Waals surface area contributed by atoms with Gasteiger partial charge in [0, 0.05) is 18.7 Å². The zero-order valence-corrected chi connectivity index (χ0v) is 13.3. The number of hydrogen-bond donors (Lipinski definition) is 0. The molecular formula is C16H15F4N3O2. The van der Waals surface area contributed by atoms with Crippen LogP contribution in [0.15, 0.2) is 28.8 Å². The van der Waals surface area contributed by atoms with Gasteiger partial charge in [0.05, 0.1) is 5.92 Å². The van der Waals surface area contributed by atoms with Crippen LogP contribution in [0.4, 0.5) is 17.6 Å². The Morgan fingerprint density at radius 2 is 1.96 bits per heavy atom. The molecule has 1 aliphatic carbocycles. The number of benzene rings is 1. The normalized spacial score (nSPS) is 19.7. The van der Waals surface area contributed by atoms with Gasteiger partial charge in [-0.1, -0.05) is 29.4 Å². The number of rotatable bonds is 5. The van der Waals surface area contributed by atoms with Gasteiger partial charge in [0.15, 0.2) is 0 Å². The number of carbonyl (C=O) groups is 1. The molecule has 1 heterocycles. The highest BCUT2D eigenvalue weighted by molar-refractivity contribution is 5.82. The standard InChI is InChI=1S/C16H15F4N3O2/c1-2-23(14(24)11-7-12(11)17)8-9-3-5-10(6-4-9)13-21-15(25-22-13)16(18,19)20/h3-6,11-12H,2,7-8H2,1H3. The molecule has 0 N–H and O–H groups in total. The van der Waals surface area contributed by atoms with Crippen molar-refractivity contribution in [2.75, 3.05) is 6.54 Å². The van der Waals surface area contributed by atoms with E-state index in [1.165, 1.54) is 0 Å². The van der Waals surface area contributed by atoms with E-state index < -0.39 is 24.2 Å². The molecule has 2 unspecified atom stereocenters. The SMILES string of the molecule is CCN(Cc1ccc(-c2noc(C(F)(F)F)n2)cc1)C(=O)C1CC1F. The lowest BCUT2D eigenvalue weighted by molar-refractivity contribution is -0.159. The first-order chi connectivity index (χ1) is 11.8. The Bertz CT molecular complexity index is 757. The number of nitrogens with zero attached hydrogens (tertiary/aromatic N) is 3. The van der Waals surface area contributed by atoms with Crippen molar-refractivity contribution in [3.63, 3.8) is 0 Å². The average molecular weight is 357 g/mol. The van der Waals surface area contributed by atoms with Gasteiger partial charge < -0.3 is 9.42 Å². The largest absolute Gasteiger partial charge is 0.471 e. The van der Waals surface area contributed by atoms with Crippen molar-refractivity contribution in [2.24, 2.45) is 5.92 Å². The molecule has 1 aromatic carbocycles. The Kier molecular flexibility index (Phi) is 4.49. The molecule has 0 bridgehead atoms. The Hall–Kier alpha value is -2.45. The van der Waals surface area contributed by atoms with Gasteiger partial charge in [-0.2, -0.15) is 18.2 Å². The minimum absolute atomic E-state index is 0.166. The van der Waals surface area contributed by atoms with Crippen molar-refractivity contribution in [1.82, 2.24) is 15.0 Å². The fourth-order valence-electron chi connectivity index (χ4n) is 2.44. The van der Waals surface area contributed by atoms with Crippen LogP contribution in [-0.4, -0.2) is 33.7 Å². The van der Waals surface area contributed by atoms with Crippen LogP contribution < -0.4 is 0 Å². The van der Waals surface area contributed by atoms with Crippen molar-refractivity contribution >= 4 is 5.91 Å². The zero-order chi connectivity index (χ0) is 18.2. The number of halogens is 4. The number of carbonyl (C=O) groups excluding carboxylic acids is 1. The van der Waals surface area contributed by atoms with Gasteiger partial charge in [-0.05, 0) is 18.9 Å². The summed E-state index contributed by atoms with van der Waals surface area (Å²) in [5.74, 6) is -2.33. The van der Waals surface area contributed by atoms with Crippen molar-refractivity contribution in [3.8, 4) is 11.4 Å².